The molecule has 0 spiro atoms. The maximum Gasteiger partial charge on any atom is 0.327 e. The zero-order valence-electron chi connectivity index (χ0n) is 14.4. The Balaban J connectivity index is 0. The molecule has 0 aliphatic rings. The third-order valence-electron chi connectivity index (χ3n) is 1.72. The van der Waals surface area contributed by atoms with Crippen molar-refractivity contribution in [2.45, 2.75) is 0 Å². The van der Waals surface area contributed by atoms with Gasteiger partial charge >= 0.3 is 11.9 Å². The van der Waals surface area contributed by atoms with E-state index in [1.807, 2.05) is 0 Å². The Morgan fingerprint density at radius 1 is 0.571 bits per heavy atom. The Morgan fingerprint density at radius 2 is 0.679 bits per heavy atom. The van der Waals surface area contributed by atoms with Gasteiger partial charge < -0.3 is 44.6 Å². The molecule has 28 heavy (non-hydrogen) atoms. The average Bonchev–Trinajstić information content (AvgIpc) is 2.53. The number of aromatic nitrogens is 6. The molecule has 2 rings (SSSR count). The highest BCUT2D eigenvalue weighted by molar-refractivity contribution is 5.79. The molecule has 14 N–H and O–H groups in total. The van der Waals surface area contributed by atoms with Crippen LogP contribution in [0.25, 0.3) is 0 Å². The first-order valence-electron chi connectivity index (χ1n) is 6.66. The Kier molecular flexibility index (Phi) is 12.3. The van der Waals surface area contributed by atoms with Gasteiger partial charge in [-0.05, 0) is 0 Å². The van der Waals surface area contributed by atoms with Crippen molar-refractivity contribution in [2.24, 2.45) is 0 Å². The number of nitrogens with zero attached hydrogens (tertiary/aromatic N) is 6. The van der Waals surface area contributed by atoms with Crippen molar-refractivity contribution >= 4 is 47.6 Å². The molecule has 16 nitrogen and oxygen atoms in total. The highest BCUT2D eigenvalue weighted by Crippen LogP contribution is 1.98. The Morgan fingerprint density at radius 3 is 0.750 bits per heavy atom. The van der Waals surface area contributed by atoms with Crippen LogP contribution in [0.2, 0.25) is 0 Å². The molecule has 0 amide bonds. The normalized spacial score (nSPS) is 8.29. The summed E-state index contributed by atoms with van der Waals surface area (Å²) < 4.78 is 0. The van der Waals surface area contributed by atoms with E-state index in [9.17, 15) is 9.59 Å². The van der Waals surface area contributed by atoms with Gasteiger partial charge in [0, 0.05) is 12.2 Å². The molecule has 0 aromatic carbocycles. The van der Waals surface area contributed by atoms with Gasteiger partial charge in [0.1, 0.15) is 0 Å². The monoisotopic (exact) mass is 396 g/mol. The topological polar surface area (TPSA) is 308 Å². The van der Waals surface area contributed by atoms with Gasteiger partial charge in [-0.2, -0.15) is 29.9 Å². The number of carboxylic acids is 2. The van der Waals surface area contributed by atoms with Gasteiger partial charge in [-0.3, -0.25) is 0 Å². The van der Waals surface area contributed by atoms with E-state index in [2.05, 4.69) is 43.1 Å². The zero-order chi connectivity index (χ0) is 22.3. The lowest BCUT2D eigenvalue weighted by molar-refractivity contribution is -0.132. The first kappa shape index (κ1) is 25.5. The summed E-state index contributed by atoms with van der Waals surface area (Å²) in [5, 5.41) is 15.2. The predicted octanol–water partition coefficient (Wildman–Crippen LogP) is -2.25. The van der Waals surface area contributed by atoms with Crippen molar-refractivity contribution in [1.29, 1.82) is 0 Å². The van der Waals surface area contributed by atoms with E-state index < -0.39 is 11.9 Å². The second-order valence-electron chi connectivity index (χ2n) is 3.90. The van der Waals surface area contributed by atoms with Gasteiger partial charge in [-0.15, -0.1) is 0 Å². The molecule has 152 valence electrons. The minimum atomic E-state index is -0.981. The van der Waals surface area contributed by atoms with Crippen molar-refractivity contribution in [3.8, 4) is 0 Å². The second-order valence-corrected chi connectivity index (χ2v) is 3.90. The van der Waals surface area contributed by atoms with E-state index >= 15 is 0 Å². The summed E-state index contributed by atoms with van der Waals surface area (Å²) in [5.74, 6) is -1.71. The van der Waals surface area contributed by atoms with Crippen molar-refractivity contribution < 1.29 is 19.8 Å². The SMILES string of the molecule is C=CC(=O)O.C=CC(=O)O.Nc1nc(N)nc(N)n1.Nc1nc(N)nc(N)n1. The summed E-state index contributed by atoms with van der Waals surface area (Å²) in [6, 6.07) is 0. The molecule has 0 saturated heterocycles. The van der Waals surface area contributed by atoms with Crippen LogP contribution in [0.15, 0.2) is 25.3 Å². The summed E-state index contributed by atoms with van der Waals surface area (Å²) in [5.41, 5.74) is 30.8. The van der Waals surface area contributed by atoms with E-state index in [-0.39, 0.29) is 35.7 Å². The van der Waals surface area contributed by atoms with E-state index in [0.717, 1.165) is 12.2 Å². The fourth-order valence-corrected chi connectivity index (χ4v) is 0.854. The highest BCUT2D eigenvalue weighted by atomic mass is 16.4. The summed E-state index contributed by atoms with van der Waals surface area (Å²) in [7, 11) is 0. The van der Waals surface area contributed by atoms with Gasteiger partial charge in [0.2, 0.25) is 35.7 Å². The Labute approximate surface area is 158 Å². The maximum absolute atomic E-state index is 9.25. The molecule has 0 aliphatic carbocycles. The molecule has 0 fully saturated rings. The van der Waals surface area contributed by atoms with E-state index in [1.165, 1.54) is 0 Å². The van der Waals surface area contributed by atoms with E-state index in [4.69, 9.17) is 44.6 Å². The third kappa shape index (κ3) is 16.1. The van der Waals surface area contributed by atoms with Crippen LogP contribution in [0, 0.1) is 0 Å². The maximum atomic E-state index is 9.25. The molecule has 0 saturated carbocycles. The van der Waals surface area contributed by atoms with Crippen LogP contribution in [0.3, 0.4) is 0 Å². The lowest BCUT2D eigenvalue weighted by Crippen LogP contribution is -2.05. The van der Waals surface area contributed by atoms with Crippen molar-refractivity contribution in [2.75, 3.05) is 34.4 Å². The minimum Gasteiger partial charge on any atom is -0.478 e. The molecule has 2 aromatic rings. The Hall–Kier alpha value is -4.76. The largest absolute Gasteiger partial charge is 0.478 e. The van der Waals surface area contributed by atoms with Crippen LogP contribution in [-0.4, -0.2) is 52.1 Å². The molecule has 0 bridgehead atoms. The molecule has 0 unspecified atom stereocenters. The summed E-state index contributed by atoms with van der Waals surface area (Å²) in [6.07, 6.45) is 1.67. The van der Waals surface area contributed by atoms with E-state index in [0.29, 0.717) is 0 Å². The van der Waals surface area contributed by atoms with Crippen LogP contribution in [0.1, 0.15) is 0 Å². The molecule has 0 atom stereocenters. The number of aliphatic carboxylic acids is 2. The lowest BCUT2D eigenvalue weighted by Gasteiger charge is -1.93. The number of anilines is 6. The van der Waals surface area contributed by atoms with Gasteiger partial charge in [0.25, 0.3) is 0 Å². The average molecular weight is 396 g/mol. The fourth-order valence-electron chi connectivity index (χ4n) is 0.854. The summed E-state index contributed by atoms with van der Waals surface area (Å²) >= 11 is 0. The highest BCUT2D eigenvalue weighted by Gasteiger charge is 1.94. The van der Waals surface area contributed by atoms with Gasteiger partial charge in [0.15, 0.2) is 0 Å². The number of carbonyl (C=O) groups is 2. The number of hydrogen-bond acceptors (Lipinski definition) is 14. The quantitative estimate of drug-likeness (QED) is 0.248. The molecule has 0 radical (unpaired) electrons. The van der Waals surface area contributed by atoms with Gasteiger partial charge in [-0.1, -0.05) is 13.2 Å². The number of nitrogen functional groups attached to an aromatic ring is 6. The zero-order valence-corrected chi connectivity index (χ0v) is 14.4. The molecule has 2 heterocycles. The van der Waals surface area contributed by atoms with Crippen LogP contribution < -0.4 is 34.4 Å². The minimum absolute atomic E-state index is 0.0417. The van der Waals surface area contributed by atoms with Crippen molar-refractivity contribution in [3.05, 3.63) is 25.3 Å². The summed E-state index contributed by atoms with van der Waals surface area (Å²) in [4.78, 5) is 39.4. The third-order valence-corrected chi connectivity index (χ3v) is 1.72. The molecular weight excluding hydrogens is 376 g/mol. The number of rotatable bonds is 2. The molecule has 0 aliphatic heterocycles. The van der Waals surface area contributed by atoms with Gasteiger partial charge in [0.05, 0.1) is 0 Å². The number of carboxylic acid groups (broad SMARTS) is 2. The van der Waals surface area contributed by atoms with Crippen LogP contribution >= 0.6 is 0 Å². The van der Waals surface area contributed by atoms with Crippen LogP contribution in [-0.2, 0) is 9.59 Å². The smallest absolute Gasteiger partial charge is 0.327 e. The number of nitrogens with two attached hydrogens (primary N) is 6. The predicted molar refractivity (Wildman–Crippen MR) is 102 cm³/mol. The standard InChI is InChI=1S/2C3H6N6.2C3H4O2/c2*4-1-7-2(5)9-3(6)8-1;2*1-2-3(4)5/h2*(H6,4,5,6,7,8,9);2*2H,1H2,(H,4,5). The molecule has 16 heteroatoms. The fraction of sp³-hybridized carbons (Fsp3) is 0. The van der Waals surface area contributed by atoms with Crippen molar-refractivity contribution in [1.82, 2.24) is 29.9 Å². The second kappa shape index (κ2) is 13.5. The van der Waals surface area contributed by atoms with E-state index in [1.54, 1.807) is 0 Å². The first-order chi connectivity index (χ1) is 12.9. The lowest BCUT2D eigenvalue weighted by atomic mass is 10.7. The first-order valence-corrected chi connectivity index (χ1v) is 6.66. The van der Waals surface area contributed by atoms with Crippen LogP contribution in [0.4, 0.5) is 35.7 Å². The molecular formula is C12H20N12O4. The number of hydrogen-bond donors (Lipinski definition) is 8. The van der Waals surface area contributed by atoms with Crippen molar-refractivity contribution in [3.63, 3.8) is 0 Å². The Bertz CT molecular complexity index is 645. The van der Waals surface area contributed by atoms with Crippen LogP contribution in [0.5, 0.6) is 0 Å². The van der Waals surface area contributed by atoms with Gasteiger partial charge in [-0.25, -0.2) is 9.59 Å². The summed E-state index contributed by atoms with van der Waals surface area (Å²) in [6.45, 7) is 5.92. The molecule has 2 aromatic heterocycles.